The lowest BCUT2D eigenvalue weighted by Crippen LogP contribution is -2.25. The number of aromatic nitrogens is 2. The van der Waals surface area contributed by atoms with E-state index >= 15 is 0 Å². The summed E-state index contributed by atoms with van der Waals surface area (Å²) in [5, 5.41) is 9.80. The maximum atomic E-state index is 12.1. The Morgan fingerprint density at radius 1 is 1.23 bits per heavy atom. The number of carbonyl (C=O) groups is 1. The number of nitrogens with zero attached hydrogens (tertiary/aromatic N) is 1. The van der Waals surface area contributed by atoms with E-state index in [4.69, 9.17) is 4.42 Å². The number of amides is 1. The lowest BCUT2D eigenvalue weighted by molar-refractivity contribution is 0.0948. The summed E-state index contributed by atoms with van der Waals surface area (Å²) >= 11 is 0. The largest absolute Gasteiger partial charge is 0.466 e. The van der Waals surface area contributed by atoms with Gasteiger partial charge in [-0.1, -0.05) is 30.3 Å². The van der Waals surface area contributed by atoms with Crippen LogP contribution >= 0.6 is 0 Å². The van der Waals surface area contributed by atoms with E-state index in [2.05, 4.69) is 15.5 Å². The van der Waals surface area contributed by atoms with Gasteiger partial charge in [0.15, 0.2) is 0 Å². The third-order valence-corrected chi connectivity index (χ3v) is 3.35. The first-order valence-corrected chi connectivity index (χ1v) is 7.17. The monoisotopic (exact) mass is 295 g/mol. The fourth-order valence-corrected chi connectivity index (χ4v) is 2.21. The number of H-pyrrole nitrogens is 1. The standard InChI is InChI=1S/C17H17N3O2/c1-12-7-8-14(22-12)9-10-18-17(21)16-11-15(19-20-16)13-5-3-2-4-6-13/h2-8,11H,9-10H2,1H3,(H,18,21)(H,19,20). The molecule has 5 heteroatoms. The quantitative estimate of drug-likeness (QED) is 0.760. The van der Waals surface area contributed by atoms with Gasteiger partial charge in [0.05, 0.1) is 5.69 Å². The zero-order valence-corrected chi connectivity index (χ0v) is 12.3. The van der Waals surface area contributed by atoms with Crippen LogP contribution in [0.15, 0.2) is 52.9 Å². The number of hydrogen-bond donors (Lipinski definition) is 2. The number of hydrogen-bond acceptors (Lipinski definition) is 3. The molecular formula is C17H17N3O2. The second-order valence-electron chi connectivity index (χ2n) is 5.05. The molecule has 22 heavy (non-hydrogen) atoms. The van der Waals surface area contributed by atoms with Crippen LogP contribution in [0.1, 0.15) is 22.0 Å². The predicted molar refractivity (Wildman–Crippen MR) is 83.5 cm³/mol. The Morgan fingerprint density at radius 3 is 2.77 bits per heavy atom. The van der Waals surface area contributed by atoms with Gasteiger partial charge in [-0.15, -0.1) is 0 Å². The smallest absolute Gasteiger partial charge is 0.269 e. The van der Waals surface area contributed by atoms with E-state index in [1.165, 1.54) is 0 Å². The van der Waals surface area contributed by atoms with Crippen molar-refractivity contribution < 1.29 is 9.21 Å². The first kappa shape index (κ1) is 14.1. The minimum Gasteiger partial charge on any atom is -0.466 e. The molecule has 3 rings (SSSR count). The Kier molecular flexibility index (Phi) is 4.05. The Balaban J connectivity index is 1.58. The van der Waals surface area contributed by atoms with E-state index in [1.807, 2.05) is 49.4 Å². The van der Waals surface area contributed by atoms with Crippen LogP contribution < -0.4 is 5.32 Å². The predicted octanol–water partition coefficient (Wildman–Crippen LogP) is 2.95. The fraction of sp³-hybridized carbons (Fsp3) is 0.176. The third-order valence-electron chi connectivity index (χ3n) is 3.35. The SMILES string of the molecule is Cc1ccc(CCNC(=O)c2cc(-c3ccccc3)n[nH]2)o1. The number of carbonyl (C=O) groups excluding carboxylic acids is 1. The van der Waals surface area contributed by atoms with Crippen LogP contribution in [0.4, 0.5) is 0 Å². The molecule has 112 valence electrons. The van der Waals surface area contributed by atoms with Crippen molar-refractivity contribution in [1.29, 1.82) is 0 Å². The van der Waals surface area contributed by atoms with E-state index in [0.717, 1.165) is 22.8 Å². The van der Waals surface area contributed by atoms with Crippen LogP contribution in [0.25, 0.3) is 11.3 Å². The number of aromatic amines is 1. The first-order chi connectivity index (χ1) is 10.7. The van der Waals surface area contributed by atoms with Crippen LogP contribution in [0.2, 0.25) is 0 Å². The molecule has 0 atom stereocenters. The minimum atomic E-state index is -0.169. The molecule has 3 aromatic rings. The van der Waals surface area contributed by atoms with Gasteiger partial charge in [0.2, 0.25) is 0 Å². The van der Waals surface area contributed by atoms with Crippen LogP contribution in [0.5, 0.6) is 0 Å². The van der Waals surface area contributed by atoms with Crippen LogP contribution in [0.3, 0.4) is 0 Å². The van der Waals surface area contributed by atoms with Crippen LogP contribution in [0, 0.1) is 6.92 Å². The third kappa shape index (κ3) is 3.25. The summed E-state index contributed by atoms with van der Waals surface area (Å²) in [5.74, 6) is 1.58. The average Bonchev–Trinajstić information content (AvgIpc) is 3.17. The van der Waals surface area contributed by atoms with E-state index in [9.17, 15) is 4.79 Å². The Hall–Kier alpha value is -2.82. The normalized spacial score (nSPS) is 10.6. The van der Waals surface area contributed by atoms with Gasteiger partial charge in [0.25, 0.3) is 5.91 Å². The summed E-state index contributed by atoms with van der Waals surface area (Å²) in [4.78, 5) is 12.1. The van der Waals surface area contributed by atoms with E-state index in [-0.39, 0.29) is 5.91 Å². The molecule has 2 N–H and O–H groups in total. The number of furan rings is 1. The molecule has 0 aliphatic rings. The Labute approximate surface area is 128 Å². The summed E-state index contributed by atoms with van der Waals surface area (Å²) in [6.07, 6.45) is 0.666. The molecule has 1 aromatic carbocycles. The molecule has 0 bridgehead atoms. The first-order valence-electron chi connectivity index (χ1n) is 7.17. The summed E-state index contributed by atoms with van der Waals surface area (Å²) < 4.78 is 5.46. The highest BCUT2D eigenvalue weighted by atomic mass is 16.3. The van der Waals surface area contributed by atoms with Gasteiger partial charge < -0.3 is 9.73 Å². The van der Waals surface area contributed by atoms with Gasteiger partial charge in [-0.25, -0.2) is 0 Å². The van der Waals surface area contributed by atoms with Crippen molar-refractivity contribution in [3.05, 3.63) is 65.7 Å². The summed E-state index contributed by atoms with van der Waals surface area (Å²) in [5.41, 5.74) is 2.19. The van der Waals surface area contributed by atoms with Crippen molar-refractivity contribution in [3.8, 4) is 11.3 Å². The zero-order valence-electron chi connectivity index (χ0n) is 12.3. The molecule has 1 amide bonds. The summed E-state index contributed by atoms with van der Waals surface area (Å²) in [6.45, 7) is 2.42. The van der Waals surface area contributed by atoms with Gasteiger partial charge in [-0.3, -0.25) is 9.89 Å². The number of benzene rings is 1. The highest BCUT2D eigenvalue weighted by molar-refractivity contribution is 5.93. The Morgan fingerprint density at radius 2 is 2.05 bits per heavy atom. The van der Waals surface area contributed by atoms with E-state index in [1.54, 1.807) is 6.07 Å². The maximum absolute atomic E-state index is 12.1. The molecule has 2 heterocycles. The summed E-state index contributed by atoms with van der Waals surface area (Å²) in [6, 6.07) is 15.3. The molecule has 0 fully saturated rings. The van der Waals surface area contributed by atoms with Crippen LogP contribution in [-0.2, 0) is 6.42 Å². The molecule has 2 aromatic heterocycles. The molecule has 0 unspecified atom stereocenters. The lowest BCUT2D eigenvalue weighted by atomic mass is 10.1. The number of rotatable bonds is 5. The van der Waals surface area contributed by atoms with Crippen molar-refractivity contribution in [3.63, 3.8) is 0 Å². The second-order valence-corrected chi connectivity index (χ2v) is 5.05. The molecule has 0 radical (unpaired) electrons. The van der Waals surface area contributed by atoms with Gasteiger partial charge in [0, 0.05) is 18.5 Å². The fourth-order valence-electron chi connectivity index (χ4n) is 2.21. The van der Waals surface area contributed by atoms with E-state index in [0.29, 0.717) is 18.7 Å². The topological polar surface area (TPSA) is 70.9 Å². The van der Waals surface area contributed by atoms with Gasteiger partial charge in [-0.2, -0.15) is 5.10 Å². The van der Waals surface area contributed by atoms with Crippen molar-refractivity contribution in [2.45, 2.75) is 13.3 Å². The molecule has 5 nitrogen and oxygen atoms in total. The molecular weight excluding hydrogens is 278 g/mol. The average molecular weight is 295 g/mol. The number of aryl methyl sites for hydroxylation is 1. The van der Waals surface area contributed by atoms with Gasteiger partial charge in [0.1, 0.15) is 17.2 Å². The van der Waals surface area contributed by atoms with Gasteiger partial charge >= 0.3 is 0 Å². The molecule has 0 aliphatic carbocycles. The Bertz CT molecular complexity index is 759. The molecule has 0 aliphatic heterocycles. The maximum Gasteiger partial charge on any atom is 0.269 e. The molecule has 0 saturated heterocycles. The van der Waals surface area contributed by atoms with Crippen molar-refractivity contribution in [1.82, 2.24) is 15.5 Å². The molecule has 0 saturated carbocycles. The van der Waals surface area contributed by atoms with E-state index < -0.39 is 0 Å². The van der Waals surface area contributed by atoms with Crippen molar-refractivity contribution in [2.24, 2.45) is 0 Å². The zero-order chi connectivity index (χ0) is 15.4. The highest BCUT2D eigenvalue weighted by Gasteiger charge is 2.10. The van der Waals surface area contributed by atoms with Crippen molar-refractivity contribution >= 4 is 5.91 Å². The number of nitrogens with one attached hydrogen (secondary N) is 2. The van der Waals surface area contributed by atoms with Crippen LogP contribution in [-0.4, -0.2) is 22.6 Å². The second kappa shape index (κ2) is 6.30. The lowest BCUT2D eigenvalue weighted by Gasteiger charge is -2.01. The van der Waals surface area contributed by atoms with Crippen molar-refractivity contribution in [2.75, 3.05) is 6.54 Å². The highest BCUT2D eigenvalue weighted by Crippen LogP contribution is 2.16. The molecule has 0 spiro atoms. The summed E-state index contributed by atoms with van der Waals surface area (Å²) in [7, 11) is 0. The minimum absolute atomic E-state index is 0.169. The van der Waals surface area contributed by atoms with Gasteiger partial charge in [-0.05, 0) is 25.1 Å².